The molecule has 4 N–H and O–H groups in total. The Bertz CT molecular complexity index is 1170. The van der Waals surface area contributed by atoms with E-state index < -0.39 is 6.17 Å². The molecule has 1 aliphatic carbocycles. The van der Waals surface area contributed by atoms with Gasteiger partial charge < -0.3 is 15.6 Å². The number of aromatic nitrogens is 6. The van der Waals surface area contributed by atoms with Gasteiger partial charge in [-0.25, -0.2) is 14.4 Å². The van der Waals surface area contributed by atoms with Crippen molar-refractivity contribution in [2.45, 2.75) is 31.5 Å². The van der Waals surface area contributed by atoms with Crippen molar-refractivity contribution in [1.82, 2.24) is 30.1 Å². The number of H-pyrrole nitrogens is 2. The molecule has 1 aliphatic rings. The van der Waals surface area contributed by atoms with Crippen LogP contribution in [0.5, 0.6) is 0 Å². The van der Waals surface area contributed by atoms with Crippen LogP contribution in [0.15, 0.2) is 36.7 Å². The maximum Gasteiger partial charge on any atom is 0.225 e. The van der Waals surface area contributed by atoms with Gasteiger partial charge in [-0.15, -0.1) is 0 Å². The fourth-order valence-electron chi connectivity index (χ4n) is 3.20. The zero-order valence-corrected chi connectivity index (χ0v) is 16.2. The molecule has 0 spiro atoms. The highest BCUT2D eigenvalue weighted by atomic mass is 35.5. The van der Waals surface area contributed by atoms with Crippen LogP contribution in [0.3, 0.4) is 0 Å². The van der Waals surface area contributed by atoms with Gasteiger partial charge in [-0.2, -0.15) is 10.1 Å². The zero-order valence-electron chi connectivity index (χ0n) is 15.4. The Hall–Kier alpha value is -3.20. The second kappa shape index (κ2) is 7.00. The molecule has 10 heteroatoms. The summed E-state index contributed by atoms with van der Waals surface area (Å²) in [5, 5.41) is 14.0. The van der Waals surface area contributed by atoms with Crippen molar-refractivity contribution in [2.24, 2.45) is 0 Å². The number of hydrogen-bond donors (Lipinski definition) is 4. The number of alkyl halides is 1. The molecular weight excluding hydrogens is 395 g/mol. The van der Waals surface area contributed by atoms with E-state index in [4.69, 9.17) is 11.6 Å². The van der Waals surface area contributed by atoms with Crippen LogP contribution in [-0.4, -0.2) is 36.3 Å². The largest absolute Gasteiger partial charge is 0.358 e. The molecule has 0 aromatic carbocycles. The van der Waals surface area contributed by atoms with Crippen LogP contribution in [0.25, 0.3) is 11.0 Å². The average molecular weight is 413 g/mol. The van der Waals surface area contributed by atoms with E-state index in [1.165, 1.54) is 0 Å². The lowest BCUT2D eigenvalue weighted by atomic mass is 10.2. The molecule has 8 nitrogen and oxygen atoms in total. The third-order valence-electron chi connectivity index (χ3n) is 4.91. The molecule has 29 heavy (non-hydrogen) atoms. The molecular formula is C19H18ClFN8. The van der Waals surface area contributed by atoms with Crippen LogP contribution in [0.1, 0.15) is 36.7 Å². The third kappa shape index (κ3) is 3.61. The fraction of sp³-hybridized carbons (Fsp3) is 0.263. The summed E-state index contributed by atoms with van der Waals surface area (Å²) >= 11 is 6.16. The highest BCUT2D eigenvalue weighted by molar-refractivity contribution is 6.35. The summed E-state index contributed by atoms with van der Waals surface area (Å²) in [6, 6.07) is 7.28. The topological polar surface area (TPSA) is 107 Å². The molecule has 4 aromatic heterocycles. The van der Waals surface area contributed by atoms with Crippen molar-refractivity contribution < 1.29 is 4.39 Å². The van der Waals surface area contributed by atoms with Crippen molar-refractivity contribution in [3.05, 3.63) is 53.1 Å². The van der Waals surface area contributed by atoms with E-state index >= 15 is 0 Å². The lowest BCUT2D eigenvalue weighted by Gasteiger charge is -2.14. The summed E-state index contributed by atoms with van der Waals surface area (Å²) in [6.07, 6.45) is 3.15. The highest BCUT2D eigenvalue weighted by Crippen LogP contribution is 2.43. The first-order valence-electron chi connectivity index (χ1n) is 9.26. The fourth-order valence-corrected chi connectivity index (χ4v) is 3.40. The first-order valence-corrected chi connectivity index (χ1v) is 9.64. The molecule has 0 saturated heterocycles. The molecule has 4 heterocycles. The van der Waals surface area contributed by atoms with Crippen LogP contribution in [0.4, 0.5) is 22.0 Å². The number of fused-ring (bicyclic) bond motifs is 1. The lowest BCUT2D eigenvalue weighted by Crippen LogP contribution is -2.11. The first-order chi connectivity index (χ1) is 14.1. The molecule has 4 aromatic rings. The summed E-state index contributed by atoms with van der Waals surface area (Å²) in [5.74, 6) is 1.55. The minimum absolute atomic E-state index is 0.0695. The summed E-state index contributed by atoms with van der Waals surface area (Å²) in [6.45, 7) is 1.97. The van der Waals surface area contributed by atoms with E-state index in [-0.39, 0.29) is 12.0 Å². The maximum absolute atomic E-state index is 13.2. The van der Waals surface area contributed by atoms with Gasteiger partial charge in [0, 0.05) is 30.1 Å². The second-order valence-corrected chi connectivity index (χ2v) is 7.50. The van der Waals surface area contributed by atoms with Crippen molar-refractivity contribution in [1.29, 1.82) is 0 Å². The zero-order chi connectivity index (χ0) is 20.0. The van der Waals surface area contributed by atoms with E-state index in [0.29, 0.717) is 29.0 Å². The minimum atomic E-state index is -0.770. The van der Waals surface area contributed by atoms with E-state index in [1.54, 1.807) is 18.5 Å². The summed E-state index contributed by atoms with van der Waals surface area (Å²) in [5.41, 5.74) is 3.24. The number of hydrogen-bond acceptors (Lipinski definition) is 6. The monoisotopic (exact) mass is 412 g/mol. The number of aromatic amines is 2. The summed E-state index contributed by atoms with van der Waals surface area (Å²) < 4.78 is 13.2. The smallest absolute Gasteiger partial charge is 0.225 e. The SMILES string of the molecule is CC(Nc1nccc(Nc2cc([C@H]3C[C@@H]3F)[nH]n2)n1)c1ccc2[nH]cc(Cl)c2n1. The molecule has 1 unspecified atom stereocenters. The summed E-state index contributed by atoms with van der Waals surface area (Å²) in [7, 11) is 0. The number of pyridine rings is 1. The van der Waals surface area contributed by atoms with E-state index in [1.807, 2.05) is 25.1 Å². The van der Waals surface area contributed by atoms with Gasteiger partial charge in [-0.3, -0.25) is 5.10 Å². The molecule has 0 aliphatic heterocycles. The molecule has 0 radical (unpaired) electrons. The number of halogens is 2. The standard InChI is InChI=1S/C19H18ClFN8/c1-9(13-2-3-14-18(25-13)11(20)8-23-14)24-19-22-5-4-16(27-19)26-17-7-15(28-29-17)10-6-12(10)21/h2-5,7-10,12,23H,6H2,1H3,(H3,22,24,26,27,28,29)/t9?,10-,12-/m0/s1. The first kappa shape index (κ1) is 17.9. The van der Waals surface area contributed by atoms with E-state index in [2.05, 4.69) is 40.8 Å². The number of anilines is 3. The second-order valence-electron chi connectivity index (χ2n) is 7.09. The number of nitrogens with zero attached hydrogens (tertiary/aromatic N) is 4. The van der Waals surface area contributed by atoms with Gasteiger partial charge in [-0.1, -0.05) is 11.6 Å². The van der Waals surface area contributed by atoms with Crippen molar-refractivity contribution in [3.63, 3.8) is 0 Å². The number of rotatable bonds is 6. The molecule has 1 saturated carbocycles. The third-order valence-corrected chi connectivity index (χ3v) is 5.20. The van der Waals surface area contributed by atoms with Crippen LogP contribution < -0.4 is 10.6 Å². The van der Waals surface area contributed by atoms with Crippen molar-refractivity contribution in [2.75, 3.05) is 10.6 Å². The van der Waals surface area contributed by atoms with E-state index in [9.17, 15) is 4.39 Å². The molecule has 3 atom stereocenters. The molecule has 148 valence electrons. The molecule has 0 amide bonds. The lowest BCUT2D eigenvalue weighted by molar-refractivity contribution is 0.466. The summed E-state index contributed by atoms with van der Waals surface area (Å²) in [4.78, 5) is 16.4. The van der Waals surface area contributed by atoms with Gasteiger partial charge in [0.1, 0.15) is 17.5 Å². The van der Waals surface area contributed by atoms with Crippen LogP contribution in [0.2, 0.25) is 5.02 Å². The Labute approximate surface area is 170 Å². The molecule has 1 fully saturated rings. The van der Waals surface area contributed by atoms with Crippen LogP contribution in [0, 0.1) is 0 Å². The highest BCUT2D eigenvalue weighted by Gasteiger charge is 2.40. The minimum Gasteiger partial charge on any atom is -0.358 e. The van der Waals surface area contributed by atoms with Crippen molar-refractivity contribution >= 4 is 40.2 Å². The number of nitrogens with one attached hydrogen (secondary N) is 4. The van der Waals surface area contributed by atoms with Gasteiger partial charge in [0.05, 0.1) is 22.3 Å². The Morgan fingerprint density at radius 1 is 1.24 bits per heavy atom. The van der Waals surface area contributed by atoms with Gasteiger partial charge in [0.2, 0.25) is 5.95 Å². The van der Waals surface area contributed by atoms with Crippen LogP contribution >= 0.6 is 11.6 Å². The Balaban J connectivity index is 1.29. The van der Waals surface area contributed by atoms with E-state index in [0.717, 1.165) is 22.4 Å². The maximum atomic E-state index is 13.2. The van der Waals surface area contributed by atoms with Gasteiger partial charge in [0.15, 0.2) is 5.82 Å². The average Bonchev–Trinajstić information content (AvgIpc) is 3.10. The van der Waals surface area contributed by atoms with Gasteiger partial charge in [-0.05, 0) is 31.5 Å². The predicted molar refractivity (Wildman–Crippen MR) is 109 cm³/mol. The molecule has 5 rings (SSSR count). The Morgan fingerprint density at radius 2 is 2.10 bits per heavy atom. The Kier molecular flexibility index (Phi) is 4.31. The van der Waals surface area contributed by atoms with Crippen LogP contribution in [-0.2, 0) is 0 Å². The van der Waals surface area contributed by atoms with Gasteiger partial charge in [0.25, 0.3) is 0 Å². The Morgan fingerprint density at radius 3 is 2.93 bits per heavy atom. The van der Waals surface area contributed by atoms with Gasteiger partial charge >= 0.3 is 0 Å². The quantitative estimate of drug-likeness (QED) is 0.372. The normalized spacial score (nSPS) is 19.3. The molecule has 0 bridgehead atoms. The predicted octanol–water partition coefficient (Wildman–Crippen LogP) is 4.47. The van der Waals surface area contributed by atoms with Crippen molar-refractivity contribution in [3.8, 4) is 0 Å².